The molecule has 2 aliphatic rings. The molecule has 2 aromatic carbocycles. The van der Waals surface area contributed by atoms with Gasteiger partial charge in [0.25, 0.3) is 0 Å². The molecule has 27 heavy (non-hydrogen) atoms. The molecular formula is C22H27F2N3. The highest BCUT2D eigenvalue weighted by Gasteiger charge is 2.36. The van der Waals surface area contributed by atoms with E-state index in [9.17, 15) is 8.78 Å². The minimum atomic E-state index is -0.374. The van der Waals surface area contributed by atoms with E-state index in [4.69, 9.17) is 0 Å². The standard InChI is InChI=1S/C22H27F2N3/c1-15-4-2-5-16(10-15)20-12-25-26-22(20)17-6-3-9-27(13-17)14-18-11-19(23)7-8-21(18)24/h2,4-5,7-8,10-11,17,20,22,25-26H,3,6,9,12-14H2,1H3. The summed E-state index contributed by atoms with van der Waals surface area (Å²) < 4.78 is 27.5. The average Bonchev–Trinajstić information content (AvgIpc) is 3.15. The Kier molecular flexibility index (Phi) is 5.53. The Morgan fingerprint density at radius 1 is 1.15 bits per heavy atom. The van der Waals surface area contributed by atoms with E-state index in [0.717, 1.165) is 32.5 Å². The smallest absolute Gasteiger partial charge is 0.127 e. The first-order valence-electron chi connectivity index (χ1n) is 9.81. The summed E-state index contributed by atoms with van der Waals surface area (Å²) in [5, 5.41) is 0. The van der Waals surface area contributed by atoms with Gasteiger partial charge in [-0.3, -0.25) is 15.8 Å². The maximum atomic E-state index is 14.0. The fourth-order valence-electron chi connectivity index (χ4n) is 4.62. The summed E-state index contributed by atoms with van der Waals surface area (Å²) in [5.41, 5.74) is 9.93. The summed E-state index contributed by atoms with van der Waals surface area (Å²) in [6, 6.07) is 12.8. The molecule has 144 valence electrons. The second kappa shape index (κ2) is 8.05. The van der Waals surface area contributed by atoms with Gasteiger partial charge in [-0.05, 0) is 56.0 Å². The third kappa shape index (κ3) is 4.21. The van der Waals surface area contributed by atoms with Crippen molar-refractivity contribution in [1.29, 1.82) is 0 Å². The number of hydrogen-bond donors (Lipinski definition) is 2. The molecule has 5 heteroatoms. The minimum Gasteiger partial charge on any atom is -0.299 e. The fourth-order valence-corrected chi connectivity index (χ4v) is 4.62. The highest BCUT2D eigenvalue weighted by Crippen LogP contribution is 2.32. The highest BCUT2D eigenvalue weighted by atomic mass is 19.1. The topological polar surface area (TPSA) is 27.3 Å². The van der Waals surface area contributed by atoms with Crippen molar-refractivity contribution in [3.63, 3.8) is 0 Å². The van der Waals surface area contributed by atoms with E-state index in [0.29, 0.717) is 30.0 Å². The predicted octanol–water partition coefficient (Wildman–Crippen LogP) is 3.75. The molecule has 2 saturated heterocycles. The maximum Gasteiger partial charge on any atom is 0.127 e. The van der Waals surface area contributed by atoms with E-state index < -0.39 is 0 Å². The van der Waals surface area contributed by atoms with Crippen LogP contribution in [0.4, 0.5) is 8.78 Å². The van der Waals surface area contributed by atoms with E-state index in [-0.39, 0.29) is 11.6 Å². The summed E-state index contributed by atoms with van der Waals surface area (Å²) in [5.74, 6) is 0.217. The number of nitrogens with zero attached hydrogens (tertiary/aromatic N) is 1. The molecule has 0 aliphatic carbocycles. The van der Waals surface area contributed by atoms with E-state index >= 15 is 0 Å². The first-order chi connectivity index (χ1) is 13.1. The van der Waals surface area contributed by atoms with Crippen molar-refractivity contribution in [2.24, 2.45) is 5.92 Å². The Morgan fingerprint density at radius 3 is 2.89 bits per heavy atom. The molecular weight excluding hydrogens is 344 g/mol. The number of likely N-dealkylation sites (tertiary alicyclic amines) is 1. The van der Waals surface area contributed by atoms with Gasteiger partial charge < -0.3 is 0 Å². The Morgan fingerprint density at radius 2 is 2.04 bits per heavy atom. The summed E-state index contributed by atoms with van der Waals surface area (Å²) in [6.07, 6.45) is 2.24. The molecule has 3 nitrogen and oxygen atoms in total. The molecule has 2 aromatic rings. The average molecular weight is 371 g/mol. The second-order valence-electron chi connectivity index (χ2n) is 7.94. The lowest BCUT2D eigenvalue weighted by Gasteiger charge is -2.37. The first-order valence-corrected chi connectivity index (χ1v) is 9.81. The van der Waals surface area contributed by atoms with E-state index in [1.165, 1.54) is 29.3 Å². The van der Waals surface area contributed by atoms with Crippen LogP contribution >= 0.6 is 0 Å². The second-order valence-corrected chi connectivity index (χ2v) is 7.94. The Labute approximate surface area is 159 Å². The van der Waals surface area contributed by atoms with Crippen molar-refractivity contribution >= 4 is 0 Å². The quantitative estimate of drug-likeness (QED) is 0.857. The monoisotopic (exact) mass is 371 g/mol. The van der Waals surface area contributed by atoms with Crippen molar-refractivity contribution in [3.05, 3.63) is 70.8 Å². The number of benzene rings is 2. The van der Waals surface area contributed by atoms with Crippen LogP contribution in [0, 0.1) is 24.5 Å². The normalized spacial score (nSPS) is 26.4. The minimum absolute atomic E-state index is 0.322. The van der Waals surface area contributed by atoms with Crippen LogP contribution in [-0.2, 0) is 6.54 Å². The summed E-state index contributed by atoms with van der Waals surface area (Å²) in [4.78, 5) is 2.26. The fraction of sp³-hybridized carbons (Fsp3) is 0.455. The van der Waals surface area contributed by atoms with Crippen LogP contribution in [0.2, 0.25) is 0 Å². The van der Waals surface area contributed by atoms with E-state index in [1.54, 1.807) is 0 Å². The van der Waals surface area contributed by atoms with Crippen molar-refractivity contribution in [1.82, 2.24) is 15.8 Å². The summed E-state index contributed by atoms with van der Waals surface area (Å²) in [6.45, 7) is 5.35. The summed E-state index contributed by atoms with van der Waals surface area (Å²) in [7, 11) is 0. The molecule has 2 heterocycles. The number of rotatable bonds is 4. The van der Waals surface area contributed by atoms with Crippen LogP contribution in [0.5, 0.6) is 0 Å². The van der Waals surface area contributed by atoms with Crippen molar-refractivity contribution in [2.75, 3.05) is 19.6 Å². The number of hydrazine groups is 1. The molecule has 0 radical (unpaired) electrons. The van der Waals surface area contributed by atoms with E-state index in [2.05, 4.69) is 46.9 Å². The van der Waals surface area contributed by atoms with Gasteiger partial charge >= 0.3 is 0 Å². The Bertz CT molecular complexity index is 795. The number of nitrogens with one attached hydrogen (secondary N) is 2. The van der Waals surface area contributed by atoms with Crippen LogP contribution in [0.25, 0.3) is 0 Å². The Hall–Kier alpha value is -1.82. The van der Waals surface area contributed by atoms with Gasteiger partial charge in [-0.1, -0.05) is 29.8 Å². The molecule has 2 fully saturated rings. The first kappa shape index (κ1) is 18.5. The lowest BCUT2D eigenvalue weighted by molar-refractivity contribution is 0.138. The van der Waals surface area contributed by atoms with Crippen LogP contribution < -0.4 is 10.9 Å². The van der Waals surface area contributed by atoms with Crippen LogP contribution in [0.1, 0.15) is 35.4 Å². The molecule has 3 atom stereocenters. The molecule has 4 rings (SSSR count). The number of hydrogen-bond acceptors (Lipinski definition) is 3. The van der Waals surface area contributed by atoms with Crippen molar-refractivity contribution < 1.29 is 8.78 Å². The molecule has 0 saturated carbocycles. The van der Waals surface area contributed by atoms with Gasteiger partial charge in [-0.15, -0.1) is 0 Å². The van der Waals surface area contributed by atoms with Gasteiger partial charge in [0.15, 0.2) is 0 Å². The van der Waals surface area contributed by atoms with Crippen LogP contribution in [-0.4, -0.2) is 30.6 Å². The third-order valence-corrected chi connectivity index (χ3v) is 5.95. The molecule has 0 spiro atoms. The summed E-state index contributed by atoms with van der Waals surface area (Å²) >= 11 is 0. The van der Waals surface area contributed by atoms with Crippen LogP contribution in [0.3, 0.4) is 0 Å². The Balaban J connectivity index is 1.46. The lowest BCUT2D eigenvalue weighted by atomic mass is 9.81. The molecule has 0 bridgehead atoms. The maximum absolute atomic E-state index is 14.0. The van der Waals surface area contributed by atoms with Gasteiger partial charge in [0, 0.05) is 37.2 Å². The number of aryl methyl sites for hydroxylation is 1. The lowest BCUT2D eigenvalue weighted by Crippen LogP contribution is -2.46. The highest BCUT2D eigenvalue weighted by molar-refractivity contribution is 5.28. The van der Waals surface area contributed by atoms with Gasteiger partial charge in [-0.2, -0.15) is 0 Å². The molecule has 0 amide bonds. The number of piperidine rings is 1. The molecule has 2 N–H and O–H groups in total. The zero-order valence-electron chi connectivity index (χ0n) is 15.7. The molecule has 0 aromatic heterocycles. The zero-order chi connectivity index (χ0) is 18.8. The SMILES string of the molecule is Cc1cccc(C2CNNC2C2CCCN(Cc3cc(F)ccc3F)C2)c1. The van der Waals surface area contributed by atoms with Crippen molar-refractivity contribution in [2.45, 2.75) is 38.3 Å². The van der Waals surface area contributed by atoms with Gasteiger partial charge in [0.2, 0.25) is 0 Å². The van der Waals surface area contributed by atoms with Gasteiger partial charge in [0.1, 0.15) is 11.6 Å². The zero-order valence-corrected chi connectivity index (χ0v) is 15.7. The molecule has 2 aliphatic heterocycles. The van der Waals surface area contributed by atoms with Crippen LogP contribution in [0.15, 0.2) is 42.5 Å². The van der Waals surface area contributed by atoms with Crippen molar-refractivity contribution in [3.8, 4) is 0 Å². The van der Waals surface area contributed by atoms with Gasteiger partial charge in [0.05, 0.1) is 0 Å². The largest absolute Gasteiger partial charge is 0.299 e. The van der Waals surface area contributed by atoms with Gasteiger partial charge in [-0.25, -0.2) is 8.78 Å². The third-order valence-electron chi connectivity index (χ3n) is 5.95. The molecule has 3 unspecified atom stereocenters. The predicted molar refractivity (Wildman–Crippen MR) is 103 cm³/mol. The van der Waals surface area contributed by atoms with E-state index in [1.807, 2.05) is 0 Å². The number of halogens is 2.